The minimum absolute atomic E-state index is 0.0533. The van der Waals surface area contributed by atoms with E-state index in [0.717, 1.165) is 82.1 Å². The molecule has 1 aromatic carbocycles. The summed E-state index contributed by atoms with van der Waals surface area (Å²) in [6.45, 7) is 11.8. The molecule has 0 saturated carbocycles. The van der Waals surface area contributed by atoms with Gasteiger partial charge in [-0.25, -0.2) is 9.78 Å². The van der Waals surface area contributed by atoms with Gasteiger partial charge >= 0.3 is 5.97 Å². The number of anilines is 2. The lowest BCUT2D eigenvalue weighted by Gasteiger charge is -2.34. The lowest BCUT2D eigenvalue weighted by Crippen LogP contribution is -2.51. The van der Waals surface area contributed by atoms with E-state index in [2.05, 4.69) is 78.5 Å². The number of thioether (sulfide) groups is 1. The van der Waals surface area contributed by atoms with Crippen LogP contribution in [-0.2, 0) is 27.5 Å². The number of rotatable bonds is 15. The second kappa shape index (κ2) is 16.3. The van der Waals surface area contributed by atoms with Crippen molar-refractivity contribution in [2.24, 2.45) is 0 Å². The van der Waals surface area contributed by atoms with Crippen LogP contribution in [0.4, 0.5) is 11.8 Å². The van der Waals surface area contributed by atoms with E-state index < -0.39 is 17.3 Å². The molecule has 0 bridgehead atoms. The van der Waals surface area contributed by atoms with Gasteiger partial charge in [-0.1, -0.05) is 38.0 Å². The first-order chi connectivity index (χ1) is 22.7. The van der Waals surface area contributed by atoms with Crippen LogP contribution in [0.5, 0.6) is 0 Å². The zero-order valence-electron chi connectivity index (χ0n) is 27.3. The largest absolute Gasteiger partial charge is 0.480 e. The number of carboxylic acids is 1. The van der Waals surface area contributed by atoms with Crippen LogP contribution in [0.15, 0.2) is 30.5 Å². The Hall–Kier alpha value is -3.88. The van der Waals surface area contributed by atoms with Gasteiger partial charge in [-0.15, -0.1) is 11.8 Å². The topological polar surface area (TPSA) is 171 Å². The number of unbranched alkanes of at least 4 members (excludes halogenated alkanes) is 2. The summed E-state index contributed by atoms with van der Waals surface area (Å²) in [6.07, 6.45) is 5.52. The number of hydrogen-bond acceptors (Lipinski definition) is 10. The van der Waals surface area contributed by atoms with Crippen LogP contribution >= 0.6 is 11.8 Å². The van der Waals surface area contributed by atoms with Crippen molar-refractivity contribution in [3.8, 4) is 0 Å². The van der Waals surface area contributed by atoms with Crippen LogP contribution in [0, 0.1) is 6.92 Å². The van der Waals surface area contributed by atoms with E-state index >= 15 is 0 Å². The summed E-state index contributed by atoms with van der Waals surface area (Å²) in [5.41, 5.74) is 11.6. The molecule has 254 valence electrons. The number of hydrogen-bond donors (Lipinski definition) is 5. The van der Waals surface area contributed by atoms with Gasteiger partial charge in [-0.3, -0.25) is 19.4 Å². The number of aromatic nitrogens is 3. The maximum absolute atomic E-state index is 12.4. The second-order valence-corrected chi connectivity index (χ2v) is 13.6. The Balaban J connectivity index is 1.06. The Kier molecular flexibility index (Phi) is 11.9. The molecule has 2 aromatic heterocycles. The number of aliphatic carboxylic acids is 1. The van der Waals surface area contributed by atoms with E-state index in [-0.39, 0.29) is 29.9 Å². The van der Waals surface area contributed by atoms with Crippen LogP contribution < -0.4 is 21.7 Å². The number of carbonyl (C=O) groups excluding carboxylic acids is 2. The fourth-order valence-electron chi connectivity index (χ4n) is 6.08. The lowest BCUT2D eigenvalue weighted by atomic mass is 10.0. The molecule has 2 aliphatic heterocycles. The molecule has 6 N–H and O–H groups in total. The molecular formula is C33H47N9O4S. The molecule has 14 heteroatoms. The Morgan fingerprint density at radius 3 is 2.60 bits per heavy atom. The highest BCUT2D eigenvalue weighted by atomic mass is 32.2. The van der Waals surface area contributed by atoms with Crippen molar-refractivity contribution in [1.29, 1.82) is 0 Å². The number of aryl methyl sites for hydroxylation is 1. The van der Waals surface area contributed by atoms with E-state index in [1.807, 2.05) is 6.07 Å². The van der Waals surface area contributed by atoms with Crippen molar-refractivity contribution in [3.05, 3.63) is 47.2 Å². The number of fused-ring (bicyclic) bond motifs is 1. The highest BCUT2D eigenvalue weighted by Gasteiger charge is 2.33. The number of carbonyl (C=O) groups is 3. The van der Waals surface area contributed by atoms with Gasteiger partial charge < -0.3 is 31.4 Å². The molecule has 2 amide bonds. The summed E-state index contributed by atoms with van der Waals surface area (Å²) in [4.78, 5) is 49.4. The zero-order valence-corrected chi connectivity index (χ0v) is 28.2. The van der Waals surface area contributed by atoms with Crippen molar-refractivity contribution < 1.29 is 19.5 Å². The Bertz CT molecular complexity index is 1560. The maximum Gasteiger partial charge on any atom is 0.327 e. The SMILES string of the molecule is CCCCCNc1nc(N)nc2ccn(Cc3ccc(CN4CCN(CCNC(=O)CC5SC[C@@H](C(=O)O)NC5=O)CC4)cc3C)c12. The molecule has 0 spiro atoms. The third-order valence-electron chi connectivity index (χ3n) is 8.81. The highest BCUT2D eigenvalue weighted by molar-refractivity contribution is 8.00. The van der Waals surface area contributed by atoms with Crippen molar-refractivity contribution in [2.75, 3.05) is 62.6 Å². The minimum Gasteiger partial charge on any atom is -0.480 e. The number of piperazine rings is 1. The van der Waals surface area contributed by atoms with E-state index in [0.29, 0.717) is 6.54 Å². The monoisotopic (exact) mass is 665 g/mol. The van der Waals surface area contributed by atoms with E-state index in [4.69, 9.17) is 10.8 Å². The van der Waals surface area contributed by atoms with Crippen LogP contribution in [-0.4, -0.2) is 110 Å². The first-order valence-corrected chi connectivity index (χ1v) is 17.6. The van der Waals surface area contributed by atoms with Gasteiger partial charge in [0.1, 0.15) is 11.6 Å². The van der Waals surface area contributed by atoms with E-state index in [1.165, 1.54) is 34.9 Å². The fraction of sp³-hybridized carbons (Fsp3) is 0.545. The minimum atomic E-state index is -1.05. The second-order valence-electron chi connectivity index (χ2n) is 12.4. The smallest absolute Gasteiger partial charge is 0.327 e. The molecule has 2 saturated heterocycles. The fourth-order valence-corrected chi connectivity index (χ4v) is 7.22. The molecular weight excluding hydrogens is 618 g/mol. The standard InChI is InChI=1S/C33H47N9O4S/c1-3-4-5-9-36-30-29-25(38-33(34)39-30)8-11-42(29)20-24-7-6-23(17-22(24)2)19-41-15-13-40(14-16-41)12-10-35-28(43)18-27-31(44)37-26(21-47-27)32(45)46/h6-8,11,17,26-27H,3-5,9-10,12-16,18-21H2,1-2H3,(H,35,43)(H,37,44)(H,45,46)(H3,34,36,38,39)/t26-,27?/m0/s1. The maximum atomic E-state index is 12.4. The number of nitrogens with zero attached hydrogens (tertiary/aromatic N) is 5. The summed E-state index contributed by atoms with van der Waals surface area (Å²) in [5, 5.41) is 17.4. The van der Waals surface area contributed by atoms with Crippen LogP contribution in [0.25, 0.3) is 11.0 Å². The molecule has 1 unspecified atom stereocenters. The molecule has 0 radical (unpaired) electrons. The molecule has 2 atom stereocenters. The van der Waals surface area contributed by atoms with Gasteiger partial charge in [-0.2, -0.15) is 4.98 Å². The Morgan fingerprint density at radius 2 is 1.87 bits per heavy atom. The third-order valence-corrected chi connectivity index (χ3v) is 10.1. The zero-order chi connectivity index (χ0) is 33.3. The van der Waals surface area contributed by atoms with Gasteiger partial charge in [0, 0.05) is 77.3 Å². The highest BCUT2D eigenvalue weighted by Crippen LogP contribution is 2.25. The van der Waals surface area contributed by atoms with Crippen molar-refractivity contribution in [1.82, 2.24) is 35.0 Å². The van der Waals surface area contributed by atoms with Crippen molar-refractivity contribution in [2.45, 2.75) is 63.9 Å². The number of carboxylic acid groups (broad SMARTS) is 1. The van der Waals surface area contributed by atoms with E-state index in [1.54, 1.807) is 0 Å². The van der Waals surface area contributed by atoms with Gasteiger partial charge in [0.2, 0.25) is 17.8 Å². The molecule has 3 aromatic rings. The van der Waals surface area contributed by atoms with Crippen molar-refractivity contribution in [3.63, 3.8) is 0 Å². The average Bonchev–Trinajstić information content (AvgIpc) is 3.44. The number of nitrogen functional groups attached to an aromatic ring is 1. The molecule has 2 fully saturated rings. The summed E-state index contributed by atoms with van der Waals surface area (Å²) in [5.74, 6) is -0.299. The third kappa shape index (κ3) is 9.36. The van der Waals surface area contributed by atoms with Crippen molar-refractivity contribution >= 4 is 52.3 Å². The number of nitrogens with two attached hydrogens (primary N) is 1. The molecule has 5 rings (SSSR count). The van der Waals surface area contributed by atoms with Gasteiger partial charge in [0.25, 0.3) is 0 Å². The first kappa shape index (κ1) is 34.5. The summed E-state index contributed by atoms with van der Waals surface area (Å²) in [6, 6.07) is 7.84. The van der Waals surface area contributed by atoms with Gasteiger partial charge in [0.15, 0.2) is 5.82 Å². The molecule has 0 aliphatic carbocycles. The lowest BCUT2D eigenvalue weighted by molar-refractivity contribution is -0.141. The number of benzene rings is 1. The Morgan fingerprint density at radius 1 is 1.09 bits per heavy atom. The van der Waals surface area contributed by atoms with Crippen LogP contribution in [0.3, 0.4) is 0 Å². The van der Waals surface area contributed by atoms with Gasteiger partial charge in [0.05, 0.1) is 10.8 Å². The van der Waals surface area contributed by atoms with Crippen LogP contribution in [0.2, 0.25) is 0 Å². The Labute approximate surface area is 280 Å². The molecule has 13 nitrogen and oxygen atoms in total. The van der Waals surface area contributed by atoms with E-state index in [9.17, 15) is 14.4 Å². The first-order valence-electron chi connectivity index (χ1n) is 16.5. The predicted octanol–water partition coefficient (Wildman–Crippen LogP) is 2.28. The van der Waals surface area contributed by atoms with Crippen LogP contribution in [0.1, 0.15) is 49.3 Å². The number of amides is 2. The average molecular weight is 666 g/mol. The quantitative estimate of drug-likeness (QED) is 0.151. The summed E-state index contributed by atoms with van der Waals surface area (Å²) in [7, 11) is 0. The summed E-state index contributed by atoms with van der Waals surface area (Å²) >= 11 is 1.22. The summed E-state index contributed by atoms with van der Waals surface area (Å²) < 4.78 is 2.20. The molecule has 47 heavy (non-hydrogen) atoms. The molecule has 2 aliphatic rings. The van der Waals surface area contributed by atoms with Gasteiger partial charge in [-0.05, 0) is 36.1 Å². The normalized spacial score (nSPS) is 19.1. The number of nitrogens with one attached hydrogen (secondary N) is 3. The molecule has 4 heterocycles. The predicted molar refractivity (Wildman–Crippen MR) is 185 cm³/mol.